The van der Waals surface area contributed by atoms with Crippen molar-refractivity contribution in [3.05, 3.63) is 48.3 Å². The van der Waals surface area contributed by atoms with Crippen LogP contribution in [0.4, 0.5) is 0 Å². The minimum Gasteiger partial charge on any atom is -0.465 e. The monoisotopic (exact) mass is 214 g/mol. The van der Waals surface area contributed by atoms with E-state index in [1.807, 2.05) is 0 Å². The SMILES string of the molecule is COC(=O)c1ccc(-c2ncccn2)cc1. The maximum atomic E-state index is 11.2. The summed E-state index contributed by atoms with van der Waals surface area (Å²) in [6.07, 6.45) is 3.35. The van der Waals surface area contributed by atoms with Crippen LogP contribution in [-0.2, 0) is 4.74 Å². The van der Waals surface area contributed by atoms with E-state index in [-0.39, 0.29) is 5.97 Å². The summed E-state index contributed by atoms with van der Waals surface area (Å²) >= 11 is 0. The molecule has 16 heavy (non-hydrogen) atoms. The first kappa shape index (κ1) is 10.3. The molecule has 2 aromatic rings. The molecule has 0 atom stereocenters. The standard InChI is InChI=1S/C12H10N2O2/c1-16-12(15)10-5-3-9(4-6-10)11-13-7-2-8-14-11/h2-8H,1H3. The van der Waals surface area contributed by atoms with Crippen LogP contribution >= 0.6 is 0 Å². The molecule has 0 aliphatic heterocycles. The molecular weight excluding hydrogens is 204 g/mol. The topological polar surface area (TPSA) is 52.1 Å². The number of aromatic nitrogens is 2. The maximum Gasteiger partial charge on any atom is 0.337 e. The lowest BCUT2D eigenvalue weighted by molar-refractivity contribution is 0.0601. The fourth-order valence-corrected chi connectivity index (χ4v) is 1.32. The number of rotatable bonds is 2. The van der Waals surface area contributed by atoms with Gasteiger partial charge in [0.1, 0.15) is 0 Å². The Balaban J connectivity index is 2.30. The van der Waals surface area contributed by atoms with Gasteiger partial charge < -0.3 is 4.74 Å². The molecule has 0 amide bonds. The summed E-state index contributed by atoms with van der Waals surface area (Å²) in [6.45, 7) is 0. The highest BCUT2D eigenvalue weighted by Gasteiger charge is 2.05. The molecule has 4 nitrogen and oxygen atoms in total. The van der Waals surface area contributed by atoms with E-state index in [0.29, 0.717) is 11.4 Å². The Hall–Kier alpha value is -2.23. The molecule has 80 valence electrons. The first-order chi connectivity index (χ1) is 7.81. The summed E-state index contributed by atoms with van der Waals surface area (Å²) in [5, 5.41) is 0. The summed E-state index contributed by atoms with van der Waals surface area (Å²) in [4.78, 5) is 19.4. The van der Waals surface area contributed by atoms with Crippen LogP contribution in [0, 0.1) is 0 Å². The quantitative estimate of drug-likeness (QED) is 0.717. The highest BCUT2D eigenvalue weighted by molar-refractivity contribution is 5.89. The summed E-state index contributed by atoms with van der Waals surface area (Å²) in [5.74, 6) is 0.291. The van der Waals surface area contributed by atoms with Crippen LogP contribution in [0.25, 0.3) is 11.4 Å². The van der Waals surface area contributed by atoms with Gasteiger partial charge in [-0.05, 0) is 18.2 Å². The largest absolute Gasteiger partial charge is 0.465 e. The van der Waals surface area contributed by atoms with E-state index < -0.39 is 0 Å². The van der Waals surface area contributed by atoms with E-state index in [1.165, 1.54) is 7.11 Å². The molecule has 0 saturated heterocycles. The van der Waals surface area contributed by atoms with Crippen LogP contribution < -0.4 is 0 Å². The van der Waals surface area contributed by atoms with Gasteiger partial charge in [0.2, 0.25) is 0 Å². The van der Waals surface area contributed by atoms with Gasteiger partial charge in [0.15, 0.2) is 5.82 Å². The van der Waals surface area contributed by atoms with Gasteiger partial charge in [-0.1, -0.05) is 12.1 Å². The zero-order valence-corrected chi connectivity index (χ0v) is 8.75. The van der Waals surface area contributed by atoms with Crippen molar-refractivity contribution in [3.8, 4) is 11.4 Å². The Morgan fingerprint density at radius 3 is 2.31 bits per heavy atom. The molecule has 1 aromatic heterocycles. The maximum absolute atomic E-state index is 11.2. The molecular formula is C12H10N2O2. The van der Waals surface area contributed by atoms with Gasteiger partial charge in [0.05, 0.1) is 12.7 Å². The van der Waals surface area contributed by atoms with Crippen LogP contribution in [0.3, 0.4) is 0 Å². The predicted octanol–water partition coefficient (Wildman–Crippen LogP) is 1.93. The second-order valence-electron chi connectivity index (χ2n) is 3.14. The average molecular weight is 214 g/mol. The number of carbonyl (C=O) groups excluding carboxylic acids is 1. The van der Waals surface area contributed by atoms with Crippen molar-refractivity contribution in [1.82, 2.24) is 9.97 Å². The molecule has 0 radical (unpaired) electrons. The molecule has 2 rings (SSSR count). The third-order valence-electron chi connectivity index (χ3n) is 2.13. The van der Waals surface area contributed by atoms with Crippen molar-refractivity contribution in [2.24, 2.45) is 0 Å². The molecule has 0 fully saturated rings. The van der Waals surface area contributed by atoms with Crippen LogP contribution in [0.2, 0.25) is 0 Å². The Labute approximate surface area is 92.9 Å². The highest BCUT2D eigenvalue weighted by Crippen LogP contribution is 2.14. The van der Waals surface area contributed by atoms with E-state index in [4.69, 9.17) is 0 Å². The number of nitrogens with zero attached hydrogens (tertiary/aromatic N) is 2. The fourth-order valence-electron chi connectivity index (χ4n) is 1.32. The van der Waals surface area contributed by atoms with Crippen molar-refractivity contribution in [3.63, 3.8) is 0 Å². The van der Waals surface area contributed by atoms with Gasteiger partial charge in [0, 0.05) is 18.0 Å². The smallest absolute Gasteiger partial charge is 0.337 e. The Morgan fingerprint density at radius 2 is 1.75 bits per heavy atom. The average Bonchev–Trinajstić information content (AvgIpc) is 2.39. The summed E-state index contributed by atoms with van der Waals surface area (Å²) in [5.41, 5.74) is 1.38. The minimum absolute atomic E-state index is 0.347. The predicted molar refractivity (Wildman–Crippen MR) is 58.8 cm³/mol. The number of carbonyl (C=O) groups is 1. The molecule has 1 aromatic carbocycles. The van der Waals surface area contributed by atoms with E-state index in [2.05, 4.69) is 14.7 Å². The number of esters is 1. The molecule has 0 aliphatic rings. The molecule has 1 heterocycles. The summed E-state index contributed by atoms with van der Waals surface area (Å²) in [7, 11) is 1.36. The highest BCUT2D eigenvalue weighted by atomic mass is 16.5. The zero-order valence-electron chi connectivity index (χ0n) is 8.75. The van der Waals surface area contributed by atoms with Gasteiger partial charge in [-0.15, -0.1) is 0 Å². The van der Waals surface area contributed by atoms with E-state index in [1.54, 1.807) is 42.7 Å². The molecule has 0 spiro atoms. The molecule has 4 heteroatoms. The minimum atomic E-state index is -0.347. The first-order valence-electron chi connectivity index (χ1n) is 4.77. The summed E-state index contributed by atoms with van der Waals surface area (Å²) in [6, 6.07) is 8.73. The molecule has 0 saturated carbocycles. The number of methoxy groups -OCH3 is 1. The zero-order chi connectivity index (χ0) is 11.4. The fraction of sp³-hybridized carbons (Fsp3) is 0.0833. The number of hydrogen-bond acceptors (Lipinski definition) is 4. The molecule has 0 N–H and O–H groups in total. The van der Waals surface area contributed by atoms with Crippen molar-refractivity contribution >= 4 is 5.97 Å². The third-order valence-corrected chi connectivity index (χ3v) is 2.13. The van der Waals surface area contributed by atoms with Crippen molar-refractivity contribution < 1.29 is 9.53 Å². The number of benzene rings is 1. The lowest BCUT2D eigenvalue weighted by Crippen LogP contribution is -2.00. The van der Waals surface area contributed by atoms with E-state index in [9.17, 15) is 4.79 Å². The Kier molecular flexibility index (Phi) is 2.91. The van der Waals surface area contributed by atoms with Crippen molar-refractivity contribution in [2.75, 3.05) is 7.11 Å². The van der Waals surface area contributed by atoms with E-state index >= 15 is 0 Å². The second-order valence-corrected chi connectivity index (χ2v) is 3.14. The molecule has 0 aliphatic carbocycles. The van der Waals surface area contributed by atoms with Gasteiger partial charge in [-0.2, -0.15) is 0 Å². The van der Waals surface area contributed by atoms with E-state index in [0.717, 1.165) is 5.56 Å². The second kappa shape index (κ2) is 4.53. The van der Waals surface area contributed by atoms with Crippen LogP contribution in [0.15, 0.2) is 42.7 Å². The van der Waals surface area contributed by atoms with Crippen molar-refractivity contribution in [1.29, 1.82) is 0 Å². The number of ether oxygens (including phenoxy) is 1. The van der Waals surface area contributed by atoms with Crippen molar-refractivity contribution in [2.45, 2.75) is 0 Å². The molecule has 0 unspecified atom stereocenters. The lowest BCUT2D eigenvalue weighted by atomic mass is 10.1. The van der Waals surface area contributed by atoms with Gasteiger partial charge in [-0.3, -0.25) is 0 Å². The van der Waals surface area contributed by atoms with Crippen LogP contribution in [0.5, 0.6) is 0 Å². The van der Waals surface area contributed by atoms with Gasteiger partial charge in [-0.25, -0.2) is 14.8 Å². The Morgan fingerprint density at radius 1 is 1.12 bits per heavy atom. The normalized spacial score (nSPS) is 9.81. The number of hydrogen-bond donors (Lipinski definition) is 0. The third kappa shape index (κ3) is 2.06. The molecule has 0 bridgehead atoms. The van der Waals surface area contributed by atoms with Crippen LogP contribution in [0.1, 0.15) is 10.4 Å². The van der Waals surface area contributed by atoms with Gasteiger partial charge >= 0.3 is 5.97 Å². The Bertz CT molecular complexity index is 480. The van der Waals surface area contributed by atoms with Gasteiger partial charge in [0.25, 0.3) is 0 Å². The first-order valence-corrected chi connectivity index (χ1v) is 4.77. The van der Waals surface area contributed by atoms with Crippen LogP contribution in [-0.4, -0.2) is 23.0 Å². The lowest BCUT2D eigenvalue weighted by Gasteiger charge is -2.01. The summed E-state index contributed by atoms with van der Waals surface area (Å²) < 4.78 is 4.61.